The van der Waals surface area contributed by atoms with E-state index in [1.165, 1.54) is 6.07 Å². The van der Waals surface area contributed by atoms with Crippen LogP contribution in [0.3, 0.4) is 0 Å². The van der Waals surface area contributed by atoms with Gasteiger partial charge >= 0.3 is 5.69 Å². The van der Waals surface area contributed by atoms with Crippen molar-refractivity contribution >= 4 is 27.4 Å². The molecular formula is C12H14BrN5O2. The Morgan fingerprint density at radius 2 is 2.15 bits per heavy atom. The molecule has 0 aliphatic carbocycles. The first kappa shape index (κ1) is 14.7. The number of aromatic nitrogens is 1. The molecule has 20 heavy (non-hydrogen) atoms. The summed E-state index contributed by atoms with van der Waals surface area (Å²) in [6, 6.07) is 3.53. The number of nitrogens with zero attached hydrogens (tertiary/aromatic N) is 5. The number of pyridine rings is 1. The van der Waals surface area contributed by atoms with Gasteiger partial charge in [0.2, 0.25) is 5.82 Å². The Labute approximate surface area is 125 Å². The summed E-state index contributed by atoms with van der Waals surface area (Å²) < 4.78 is 0.588. The lowest BCUT2D eigenvalue weighted by Gasteiger charge is -2.36. The zero-order valence-electron chi connectivity index (χ0n) is 11.0. The van der Waals surface area contributed by atoms with Crippen molar-refractivity contribution in [2.24, 2.45) is 0 Å². The summed E-state index contributed by atoms with van der Waals surface area (Å²) in [4.78, 5) is 18.8. The summed E-state index contributed by atoms with van der Waals surface area (Å²) in [6.07, 6.45) is 1.56. The highest BCUT2D eigenvalue weighted by Gasteiger charge is 2.26. The van der Waals surface area contributed by atoms with E-state index >= 15 is 0 Å². The van der Waals surface area contributed by atoms with Crippen molar-refractivity contribution in [2.75, 3.05) is 31.1 Å². The van der Waals surface area contributed by atoms with Crippen LogP contribution in [0.15, 0.2) is 16.7 Å². The smallest absolute Gasteiger partial charge is 0.312 e. The number of nitro groups is 1. The maximum atomic E-state index is 11.1. The SMILES string of the molecule is CC(C#N)N1CCN(c2ncc(Br)cc2[N+](=O)[O-])CC1. The van der Waals surface area contributed by atoms with Gasteiger partial charge in [0.05, 0.1) is 17.0 Å². The molecule has 1 aromatic rings. The Morgan fingerprint density at radius 1 is 1.50 bits per heavy atom. The lowest BCUT2D eigenvalue weighted by atomic mass is 10.2. The highest BCUT2D eigenvalue weighted by molar-refractivity contribution is 9.10. The summed E-state index contributed by atoms with van der Waals surface area (Å²) in [7, 11) is 0. The van der Waals surface area contributed by atoms with Crippen LogP contribution >= 0.6 is 15.9 Å². The Hall–Kier alpha value is -1.72. The molecule has 1 aromatic heterocycles. The van der Waals surface area contributed by atoms with E-state index in [-0.39, 0.29) is 11.7 Å². The number of halogens is 1. The summed E-state index contributed by atoms with van der Waals surface area (Å²) in [5, 5.41) is 20.0. The molecule has 1 unspecified atom stereocenters. The second kappa shape index (κ2) is 6.15. The zero-order valence-corrected chi connectivity index (χ0v) is 12.6. The van der Waals surface area contributed by atoms with E-state index in [0.717, 1.165) is 0 Å². The first-order valence-electron chi connectivity index (χ1n) is 6.21. The molecule has 1 fully saturated rings. The number of rotatable bonds is 3. The number of piperazine rings is 1. The van der Waals surface area contributed by atoms with Crippen LogP contribution in [0.25, 0.3) is 0 Å². The Kier molecular flexibility index (Phi) is 4.52. The molecule has 0 amide bonds. The van der Waals surface area contributed by atoms with Crippen molar-refractivity contribution in [3.8, 4) is 6.07 Å². The van der Waals surface area contributed by atoms with E-state index < -0.39 is 4.92 Å². The molecule has 0 saturated carbocycles. The van der Waals surface area contributed by atoms with Gasteiger partial charge < -0.3 is 4.90 Å². The fourth-order valence-corrected chi connectivity index (χ4v) is 2.52. The molecule has 2 heterocycles. The minimum atomic E-state index is -0.419. The first-order valence-corrected chi connectivity index (χ1v) is 7.00. The van der Waals surface area contributed by atoms with Crippen LogP contribution in [-0.2, 0) is 0 Å². The van der Waals surface area contributed by atoms with E-state index in [2.05, 4.69) is 31.9 Å². The molecule has 8 heteroatoms. The lowest BCUT2D eigenvalue weighted by Crippen LogP contribution is -2.49. The second-order valence-corrected chi connectivity index (χ2v) is 5.50. The maximum Gasteiger partial charge on any atom is 0.312 e. The van der Waals surface area contributed by atoms with Gasteiger partial charge in [-0.05, 0) is 22.9 Å². The highest BCUT2D eigenvalue weighted by Crippen LogP contribution is 2.29. The molecule has 7 nitrogen and oxygen atoms in total. The third-order valence-corrected chi connectivity index (χ3v) is 3.79. The molecule has 0 N–H and O–H groups in total. The Morgan fingerprint density at radius 3 is 2.70 bits per heavy atom. The number of hydrogen-bond donors (Lipinski definition) is 0. The van der Waals surface area contributed by atoms with Gasteiger partial charge in [0.15, 0.2) is 0 Å². The van der Waals surface area contributed by atoms with Crippen LogP contribution in [0.4, 0.5) is 11.5 Å². The van der Waals surface area contributed by atoms with Crippen molar-refractivity contribution in [1.82, 2.24) is 9.88 Å². The van der Waals surface area contributed by atoms with Crippen LogP contribution in [0.5, 0.6) is 0 Å². The summed E-state index contributed by atoms with van der Waals surface area (Å²) in [5.74, 6) is 0.391. The quantitative estimate of drug-likeness (QED) is 0.616. The molecule has 1 atom stereocenters. The van der Waals surface area contributed by atoms with E-state index in [1.807, 2.05) is 11.8 Å². The molecule has 0 aromatic carbocycles. The van der Waals surface area contributed by atoms with E-state index in [9.17, 15) is 10.1 Å². The van der Waals surface area contributed by atoms with Crippen molar-refractivity contribution < 1.29 is 4.92 Å². The zero-order chi connectivity index (χ0) is 14.7. The van der Waals surface area contributed by atoms with E-state index in [0.29, 0.717) is 36.5 Å². The molecular weight excluding hydrogens is 326 g/mol. The molecule has 1 aliphatic heterocycles. The predicted molar refractivity (Wildman–Crippen MR) is 77.5 cm³/mol. The summed E-state index contributed by atoms with van der Waals surface area (Å²) in [5.41, 5.74) is 0.00107. The average molecular weight is 340 g/mol. The second-order valence-electron chi connectivity index (χ2n) is 4.58. The fraction of sp³-hybridized carbons (Fsp3) is 0.500. The molecule has 1 saturated heterocycles. The van der Waals surface area contributed by atoms with Crippen molar-refractivity contribution in [3.63, 3.8) is 0 Å². The third-order valence-electron chi connectivity index (χ3n) is 3.36. The summed E-state index contributed by atoms with van der Waals surface area (Å²) in [6.45, 7) is 4.51. The van der Waals surface area contributed by atoms with Crippen LogP contribution in [-0.4, -0.2) is 47.0 Å². The monoisotopic (exact) mass is 339 g/mol. The van der Waals surface area contributed by atoms with Gasteiger partial charge in [0, 0.05) is 42.9 Å². The van der Waals surface area contributed by atoms with Gasteiger partial charge in [0.25, 0.3) is 0 Å². The van der Waals surface area contributed by atoms with Gasteiger partial charge in [-0.25, -0.2) is 4.98 Å². The van der Waals surface area contributed by atoms with Gasteiger partial charge in [0.1, 0.15) is 0 Å². The minimum Gasteiger partial charge on any atom is -0.348 e. The standard InChI is InChI=1S/C12H14BrN5O2/c1-9(7-14)16-2-4-17(5-3-16)12-11(18(19)20)6-10(13)8-15-12/h6,8-9H,2-5H2,1H3. The molecule has 106 valence electrons. The van der Waals surface area contributed by atoms with Crippen LogP contribution in [0, 0.1) is 21.4 Å². The molecule has 0 radical (unpaired) electrons. The van der Waals surface area contributed by atoms with Crippen LogP contribution < -0.4 is 4.90 Å². The highest BCUT2D eigenvalue weighted by atomic mass is 79.9. The first-order chi connectivity index (χ1) is 9.52. The fourth-order valence-electron chi connectivity index (χ4n) is 2.20. The van der Waals surface area contributed by atoms with E-state index in [1.54, 1.807) is 6.20 Å². The largest absolute Gasteiger partial charge is 0.348 e. The summed E-state index contributed by atoms with van der Waals surface area (Å²) >= 11 is 3.20. The van der Waals surface area contributed by atoms with Gasteiger partial charge in [-0.2, -0.15) is 5.26 Å². The normalized spacial score (nSPS) is 17.6. The minimum absolute atomic E-state index is 0.00107. The van der Waals surface area contributed by atoms with Gasteiger partial charge in [-0.15, -0.1) is 0 Å². The van der Waals surface area contributed by atoms with Crippen LogP contribution in [0.1, 0.15) is 6.92 Å². The topological polar surface area (TPSA) is 86.3 Å². The molecule has 1 aliphatic rings. The van der Waals surface area contributed by atoms with E-state index in [4.69, 9.17) is 5.26 Å². The molecule has 0 bridgehead atoms. The average Bonchev–Trinajstić information content (AvgIpc) is 2.46. The Bertz CT molecular complexity index is 551. The number of hydrogen-bond acceptors (Lipinski definition) is 6. The van der Waals surface area contributed by atoms with Gasteiger partial charge in [-0.1, -0.05) is 0 Å². The van der Waals surface area contributed by atoms with Crippen molar-refractivity contribution in [1.29, 1.82) is 5.26 Å². The van der Waals surface area contributed by atoms with Crippen molar-refractivity contribution in [2.45, 2.75) is 13.0 Å². The lowest BCUT2D eigenvalue weighted by molar-refractivity contribution is -0.384. The Balaban J connectivity index is 2.15. The van der Waals surface area contributed by atoms with Gasteiger partial charge in [-0.3, -0.25) is 15.0 Å². The molecule has 2 rings (SSSR count). The number of anilines is 1. The van der Waals surface area contributed by atoms with Crippen molar-refractivity contribution in [3.05, 3.63) is 26.9 Å². The maximum absolute atomic E-state index is 11.1. The predicted octanol–water partition coefficient (Wildman–Crippen LogP) is 1.79. The van der Waals surface area contributed by atoms with Crippen LogP contribution in [0.2, 0.25) is 0 Å². The molecule has 0 spiro atoms. The third kappa shape index (κ3) is 3.05. The number of nitriles is 1.